The predicted molar refractivity (Wildman–Crippen MR) is 118 cm³/mol. The molecule has 0 spiro atoms. The highest BCUT2D eigenvalue weighted by molar-refractivity contribution is 5.78. The van der Waals surface area contributed by atoms with Crippen LogP contribution in [0.4, 0.5) is 11.8 Å². The second kappa shape index (κ2) is 9.32. The van der Waals surface area contributed by atoms with E-state index in [1.807, 2.05) is 43.0 Å². The number of hydrogen-bond donors (Lipinski definition) is 0. The molecule has 0 N–H and O–H groups in total. The molecule has 0 atom stereocenters. The maximum absolute atomic E-state index is 12.5. The molecule has 1 aromatic heterocycles. The van der Waals surface area contributed by atoms with Crippen molar-refractivity contribution in [1.82, 2.24) is 14.9 Å². The van der Waals surface area contributed by atoms with E-state index in [4.69, 9.17) is 9.72 Å². The van der Waals surface area contributed by atoms with Gasteiger partial charge in [-0.05, 0) is 45.2 Å². The van der Waals surface area contributed by atoms with E-state index in [2.05, 4.69) is 20.9 Å². The van der Waals surface area contributed by atoms with Gasteiger partial charge in [-0.25, -0.2) is 4.98 Å². The fourth-order valence-electron chi connectivity index (χ4n) is 3.99. The van der Waals surface area contributed by atoms with E-state index in [0.717, 1.165) is 49.4 Å². The van der Waals surface area contributed by atoms with Gasteiger partial charge in [0.1, 0.15) is 11.6 Å². The first-order valence-corrected chi connectivity index (χ1v) is 10.9. The van der Waals surface area contributed by atoms with Crippen molar-refractivity contribution in [2.24, 2.45) is 0 Å². The van der Waals surface area contributed by atoms with Crippen molar-refractivity contribution in [3.8, 4) is 5.75 Å². The van der Waals surface area contributed by atoms with Crippen LogP contribution in [0.2, 0.25) is 0 Å². The average molecular weight is 410 g/mol. The minimum absolute atomic E-state index is 0.0226. The number of piperidine rings is 1. The number of amides is 1. The summed E-state index contributed by atoms with van der Waals surface area (Å²) in [7, 11) is 0. The van der Waals surface area contributed by atoms with E-state index in [-0.39, 0.29) is 12.5 Å². The van der Waals surface area contributed by atoms with Crippen LogP contribution in [0, 0.1) is 13.8 Å². The zero-order valence-electron chi connectivity index (χ0n) is 18.0. The molecule has 4 rings (SSSR count). The van der Waals surface area contributed by atoms with Crippen molar-refractivity contribution < 1.29 is 9.53 Å². The summed E-state index contributed by atoms with van der Waals surface area (Å²) in [4.78, 5) is 28.5. The van der Waals surface area contributed by atoms with Crippen molar-refractivity contribution in [2.45, 2.75) is 33.1 Å². The summed E-state index contributed by atoms with van der Waals surface area (Å²) in [6, 6.07) is 9.85. The van der Waals surface area contributed by atoms with Gasteiger partial charge in [0.05, 0.1) is 0 Å². The predicted octanol–water partition coefficient (Wildman–Crippen LogP) is 2.81. The zero-order chi connectivity index (χ0) is 20.9. The minimum Gasteiger partial charge on any atom is -0.484 e. The van der Waals surface area contributed by atoms with E-state index >= 15 is 0 Å². The summed E-state index contributed by atoms with van der Waals surface area (Å²) in [5.41, 5.74) is 2.16. The Labute approximate surface area is 178 Å². The number of piperazine rings is 1. The van der Waals surface area contributed by atoms with Gasteiger partial charge in [0.15, 0.2) is 6.61 Å². The van der Waals surface area contributed by atoms with Gasteiger partial charge in [-0.15, -0.1) is 0 Å². The second-order valence-corrected chi connectivity index (χ2v) is 8.18. The van der Waals surface area contributed by atoms with Gasteiger partial charge in [-0.1, -0.05) is 17.7 Å². The number of nitrogens with zero attached hydrogens (tertiary/aromatic N) is 5. The molecule has 2 saturated heterocycles. The molecular formula is C23H31N5O2. The minimum atomic E-state index is 0.0226. The highest BCUT2D eigenvalue weighted by Crippen LogP contribution is 2.22. The van der Waals surface area contributed by atoms with Crippen LogP contribution in [0.15, 0.2) is 30.3 Å². The maximum Gasteiger partial charge on any atom is 0.260 e. The third kappa shape index (κ3) is 5.01. The lowest BCUT2D eigenvalue weighted by atomic mass is 10.1. The van der Waals surface area contributed by atoms with Crippen LogP contribution >= 0.6 is 0 Å². The molecule has 1 aromatic carbocycles. The smallest absolute Gasteiger partial charge is 0.260 e. The van der Waals surface area contributed by atoms with Crippen LogP contribution in [0.3, 0.4) is 0 Å². The molecule has 0 bridgehead atoms. The van der Waals surface area contributed by atoms with E-state index in [9.17, 15) is 4.79 Å². The number of benzene rings is 1. The molecule has 0 unspecified atom stereocenters. The molecule has 2 fully saturated rings. The van der Waals surface area contributed by atoms with Gasteiger partial charge in [-0.2, -0.15) is 4.98 Å². The van der Waals surface area contributed by atoms with Crippen molar-refractivity contribution in [2.75, 3.05) is 55.7 Å². The zero-order valence-corrected chi connectivity index (χ0v) is 18.0. The number of carbonyl (C=O) groups excluding carboxylic acids is 1. The summed E-state index contributed by atoms with van der Waals surface area (Å²) in [6.07, 6.45) is 3.75. The van der Waals surface area contributed by atoms with Crippen LogP contribution in [0.25, 0.3) is 0 Å². The van der Waals surface area contributed by atoms with E-state index < -0.39 is 0 Å². The van der Waals surface area contributed by atoms with Gasteiger partial charge in [-0.3, -0.25) is 4.79 Å². The molecule has 0 aliphatic carbocycles. The number of aromatic nitrogens is 2. The highest BCUT2D eigenvalue weighted by atomic mass is 16.5. The SMILES string of the molecule is Cc1ccc(OCC(=O)N2CCN(c3nc(C)cc(N4CCCCC4)n3)CC2)cc1. The lowest BCUT2D eigenvalue weighted by molar-refractivity contribution is -0.133. The Bertz CT molecular complexity index is 856. The Morgan fingerprint density at radius 3 is 2.30 bits per heavy atom. The van der Waals surface area contributed by atoms with Crippen LogP contribution < -0.4 is 14.5 Å². The Morgan fingerprint density at radius 2 is 1.60 bits per heavy atom. The lowest BCUT2D eigenvalue weighted by Crippen LogP contribution is -2.50. The highest BCUT2D eigenvalue weighted by Gasteiger charge is 2.24. The molecule has 2 aliphatic heterocycles. The molecule has 0 radical (unpaired) electrons. The topological polar surface area (TPSA) is 61.8 Å². The van der Waals surface area contributed by atoms with Crippen LogP contribution in [-0.2, 0) is 4.79 Å². The molecule has 7 nitrogen and oxygen atoms in total. The van der Waals surface area contributed by atoms with Crippen molar-refractivity contribution in [3.63, 3.8) is 0 Å². The molecule has 3 heterocycles. The number of hydrogen-bond acceptors (Lipinski definition) is 6. The largest absolute Gasteiger partial charge is 0.484 e. The fraction of sp³-hybridized carbons (Fsp3) is 0.522. The van der Waals surface area contributed by atoms with Crippen LogP contribution in [-0.4, -0.2) is 66.7 Å². The number of rotatable bonds is 5. The molecule has 2 aliphatic rings. The first kappa shape index (κ1) is 20.4. The fourth-order valence-corrected chi connectivity index (χ4v) is 3.99. The molecule has 0 saturated carbocycles. The van der Waals surface area contributed by atoms with Gasteiger partial charge in [0.25, 0.3) is 5.91 Å². The van der Waals surface area contributed by atoms with E-state index in [1.54, 1.807) is 0 Å². The average Bonchev–Trinajstić information content (AvgIpc) is 2.79. The Morgan fingerprint density at radius 1 is 0.900 bits per heavy atom. The third-order valence-electron chi connectivity index (χ3n) is 5.81. The Balaban J connectivity index is 1.32. The van der Waals surface area contributed by atoms with Gasteiger partial charge < -0.3 is 19.4 Å². The summed E-state index contributed by atoms with van der Waals surface area (Å²) in [5, 5.41) is 0. The number of ether oxygens (including phenoxy) is 1. The van der Waals surface area contributed by atoms with Crippen LogP contribution in [0.1, 0.15) is 30.5 Å². The van der Waals surface area contributed by atoms with Crippen molar-refractivity contribution >= 4 is 17.7 Å². The monoisotopic (exact) mass is 409 g/mol. The van der Waals surface area contributed by atoms with Gasteiger partial charge >= 0.3 is 0 Å². The summed E-state index contributed by atoms with van der Waals surface area (Å²) >= 11 is 0. The van der Waals surface area contributed by atoms with E-state index in [0.29, 0.717) is 13.1 Å². The molecule has 7 heteroatoms. The normalized spacial score (nSPS) is 17.2. The summed E-state index contributed by atoms with van der Waals surface area (Å²) in [5.74, 6) is 2.56. The molecule has 160 valence electrons. The number of aryl methyl sites for hydroxylation is 2. The lowest BCUT2D eigenvalue weighted by Gasteiger charge is -2.35. The molecule has 1 amide bonds. The van der Waals surface area contributed by atoms with Crippen molar-refractivity contribution in [1.29, 1.82) is 0 Å². The quantitative estimate of drug-likeness (QED) is 0.757. The first-order valence-electron chi connectivity index (χ1n) is 10.9. The third-order valence-corrected chi connectivity index (χ3v) is 5.81. The Hall–Kier alpha value is -2.83. The Kier molecular flexibility index (Phi) is 6.35. The molecule has 30 heavy (non-hydrogen) atoms. The maximum atomic E-state index is 12.5. The van der Waals surface area contributed by atoms with Gasteiger partial charge in [0, 0.05) is 51.0 Å². The number of anilines is 2. The number of carbonyl (C=O) groups is 1. The standard InChI is InChI=1S/C23H31N5O2/c1-18-6-8-20(9-7-18)30-17-22(29)27-12-14-28(15-13-27)23-24-19(2)16-21(25-23)26-10-4-3-5-11-26/h6-9,16H,3-5,10-15,17H2,1-2H3. The van der Waals surface area contributed by atoms with Crippen LogP contribution in [0.5, 0.6) is 5.75 Å². The van der Waals surface area contributed by atoms with E-state index in [1.165, 1.54) is 24.8 Å². The van der Waals surface area contributed by atoms with Gasteiger partial charge in [0.2, 0.25) is 5.95 Å². The summed E-state index contributed by atoms with van der Waals surface area (Å²) in [6.45, 7) is 9.06. The molecular weight excluding hydrogens is 378 g/mol. The second-order valence-electron chi connectivity index (χ2n) is 8.18. The first-order chi connectivity index (χ1) is 14.6. The molecule has 2 aromatic rings. The summed E-state index contributed by atoms with van der Waals surface area (Å²) < 4.78 is 5.65. The van der Waals surface area contributed by atoms with Crippen molar-refractivity contribution in [3.05, 3.63) is 41.6 Å².